The number of hydrogen-bond donors (Lipinski definition) is 2. The van der Waals surface area contributed by atoms with Crippen molar-refractivity contribution in [3.05, 3.63) is 90.9 Å². The Morgan fingerprint density at radius 2 is 1.70 bits per heavy atom. The molecule has 0 aromatic heterocycles. The number of rotatable bonds is 4. The summed E-state index contributed by atoms with van der Waals surface area (Å²) in [5.74, 6) is -1.03. The molecule has 152 valence electrons. The van der Waals surface area contributed by atoms with Crippen LogP contribution in [0.5, 0.6) is 0 Å². The molecular formula is C22H15Cl4N3O. The molecule has 1 amide bonds. The molecule has 1 unspecified atom stereocenters. The van der Waals surface area contributed by atoms with Crippen molar-refractivity contribution in [1.29, 1.82) is 5.26 Å². The van der Waals surface area contributed by atoms with Crippen LogP contribution in [0.15, 0.2) is 48.5 Å². The maximum atomic E-state index is 12.7. The molecule has 0 fully saturated rings. The smallest absolute Gasteiger partial charge is 0.257 e. The molecule has 8 heteroatoms. The molecule has 3 N–H and O–H groups in total. The normalized spacial score (nSPS) is 11.6. The van der Waals surface area contributed by atoms with Gasteiger partial charge in [0.05, 0.1) is 33.3 Å². The van der Waals surface area contributed by atoms with Crippen LogP contribution in [0, 0.1) is 18.3 Å². The van der Waals surface area contributed by atoms with E-state index in [0.29, 0.717) is 21.3 Å². The van der Waals surface area contributed by atoms with Gasteiger partial charge in [-0.15, -0.1) is 0 Å². The highest BCUT2D eigenvalue weighted by Crippen LogP contribution is 2.35. The summed E-state index contributed by atoms with van der Waals surface area (Å²) in [5.41, 5.74) is 8.82. The van der Waals surface area contributed by atoms with E-state index in [-0.39, 0.29) is 21.3 Å². The maximum absolute atomic E-state index is 12.7. The zero-order chi connectivity index (χ0) is 22.0. The van der Waals surface area contributed by atoms with Gasteiger partial charge in [-0.25, -0.2) is 0 Å². The van der Waals surface area contributed by atoms with Crippen molar-refractivity contribution in [3.63, 3.8) is 0 Å². The molecule has 0 spiro atoms. The van der Waals surface area contributed by atoms with E-state index >= 15 is 0 Å². The number of nitrogens with zero attached hydrogens (tertiary/aromatic N) is 1. The van der Waals surface area contributed by atoms with Gasteiger partial charge in [0.2, 0.25) is 0 Å². The number of nitrogens with two attached hydrogens (primary N) is 1. The molecule has 3 aromatic rings. The van der Waals surface area contributed by atoms with E-state index in [2.05, 4.69) is 11.4 Å². The predicted octanol–water partition coefficient (Wildman–Crippen LogP) is 7.10. The van der Waals surface area contributed by atoms with Gasteiger partial charge in [0, 0.05) is 15.7 Å². The Kier molecular flexibility index (Phi) is 6.80. The van der Waals surface area contributed by atoms with E-state index in [0.717, 1.165) is 11.1 Å². The van der Waals surface area contributed by atoms with Crippen LogP contribution in [-0.2, 0) is 0 Å². The molecule has 3 rings (SSSR count). The lowest BCUT2D eigenvalue weighted by Crippen LogP contribution is -2.15. The van der Waals surface area contributed by atoms with Crippen molar-refractivity contribution in [2.24, 2.45) is 0 Å². The van der Waals surface area contributed by atoms with Gasteiger partial charge in [0.15, 0.2) is 0 Å². The summed E-state index contributed by atoms with van der Waals surface area (Å²) in [4.78, 5) is 12.7. The summed E-state index contributed by atoms with van der Waals surface area (Å²) in [7, 11) is 0. The second kappa shape index (κ2) is 9.16. The van der Waals surface area contributed by atoms with Gasteiger partial charge in [0.1, 0.15) is 0 Å². The average molecular weight is 479 g/mol. The first kappa shape index (κ1) is 22.3. The highest BCUT2D eigenvalue weighted by molar-refractivity contribution is 6.44. The predicted molar refractivity (Wildman–Crippen MR) is 124 cm³/mol. The Morgan fingerprint density at radius 3 is 2.33 bits per heavy atom. The fraction of sp³-hybridized carbons (Fsp3) is 0.0909. The van der Waals surface area contributed by atoms with E-state index in [1.54, 1.807) is 36.4 Å². The molecule has 0 bridgehead atoms. The highest BCUT2D eigenvalue weighted by Gasteiger charge is 2.20. The fourth-order valence-electron chi connectivity index (χ4n) is 2.99. The summed E-state index contributed by atoms with van der Waals surface area (Å²) in [6.45, 7) is 1.81. The van der Waals surface area contributed by atoms with Crippen molar-refractivity contribution in [2.45, 2.75) is 12.8 Å². The van der Waals surface area contributed by atoms with Gasteiger partial charge in [-0.1, -0.05) is 64.6 Å². The van der Waals surface area contributed by atoms with Crippen LogP contribution in [0.25, 0.3) is 0 Å². The minimum atomic E-state index is -0.580. The lowest BCUT2D eigenvalue weighted by molar-refractivity contribution is 0.102. The van der Waals surface area contributed by atoms with Crippen molar-refractivity contribution in [3.8, 4) is 6.07 Å². The summed E-state index contributed by atoms with van der Waals surface area (Å²) in [6.07, 6.45) is 0. The third-order valence-electron chi connectivity index (χ3n) is 4.61. The molecule has 1 atom stereocenters. The monoisotopic (exact) mass is 477 g/mol. The Bertz CT molecular complexity index is 1170. The summed E-state index contributed by atoms with van der Waals surface area (Å²) in [5, 5.41) is 13.8. The molecule has 4 nitrogen and oxygen atoms in total. The lowest BCUT2D eigenvalue weighted by atomic mass is 9.91. The van der Waals surface area contributed by atoms with Gasteiger partial charge in [-0.3, -0.25) is 4.79 Å². The minimum absolute atomic E-state index is 0.0920. The van der Waals surface area contributed by atoms with Gasteiger partial charge in [-0.05, 0) is 53.9 Å². The molecule has 0 aliphatic carbocycles. The summed E-state index contributed by atoms with van der Waals surface area (Å²) < 4.78 is 0. The molecule has 3 aromatic carbocycles. The molecule has 0 saturated heterocycles. The molecule has 30 heavy (non-hydrogen) atoms. The number of carbonyl (C=O) groups excluding carboxylic acids is 1. The molecular weight excluding hydrogens is 464 g/mol. The van der Waals surface area contributed by atoms with E-state index in [1.807, 2.05) is 6.92 Å². The zero-order valence-corrected chi connectivity index (χ0v) is 18.7. The second-order valence-corrected chi connectivity index (χ2v) is 8.21. The van der Waals surface area contributed by atoms with Crippen LogP contribution < -0.4 is 11.1 Å². The zero-order valence-electron chi connectivity index (χ0n) is 15.6. The molecule has 0 radical (unpaired) electrons. The number of halogens is 4. The van der Waals surface area contributed by atoms with E-state index in [4.69, 9.17) is 52.1 Å². The summed E-state index contributed by atoms with van der Waals surface area (Å²) >= 11 is 24.4. The number of nitrogen functional groups attached to an aromatic ring is 1. The van der Waals surface area contributed by atoms with Gasteiger partial charge < -0.3 is 11.1 Å². The van der Waals surface area contributed by atoms with E-state index in [9.17, 15) is 10.1 Å². The first-order valence-electron chi connectivity index (χ1n) is 8.73. The maximum Gasteiger partial charge on any atom is 0.257 e. The Hall–Kier alpha value is -2.42. The number of aryl methyl sites for hydroxylation is 1. The number of benzene rings is 3. The van der Waals surface area contributed by atoms with Crippen LogP contribution in [0.3, 0.4) is 0 Å². The van der Waals surface area contributed by atoms with Crippen LogP contribution in [-0.4, -0.2) is 5.91 Å². The number of nitriles is 1. The van der Waals surface area contributed by atoms with Crippen molar-refractivity contribution in [2.75, 3.05) is 11.1 Å². The first-order valence-corrected chi connectivity index (χ1v) is 10.2. The van der Waals surface area contributed by atoms with E-state index < -0.39 is 11.8 Å². The van der Waals surface area contributed by atoms with Gasteiger partial charge in [0.25, 0.3) is 5.91 Å². The topological polar surface area (TPSA) is 78.9 Å². The molecule has 0 heterocycles. The van der Waals surface area contributed by atoms with Gasteiger partial charge in [-0.2, -0.15) is 5.26 Å². The Labute approximate surface area is 194 Å². The molecule has 0 saturated carbocycles. The standard InChI is InChI=1S/C22H15Cl4N3O/c1-11-8-15(16(10-27)12-2-4-13(23)5-3-12)18(25)9-19(11)29-22(30)14-6-7-17(24)20(26)21(14)28/h2-9,16H,28H2,1H3,(H,29,30). The lowest BCUT2D eigenvalue weighted by Gasteiger charge is -2.16. The fourth-order valence-corrected chi connectivity index (χ4v) is 3.72. The highest BCUT2D eigenvalue weighted by atomic mass is 35.5. The third-order valence-corrected chi connectivity index (χ3v) is 6.01. The quantitative estimate of drug-likeness (QED) is 0.392. The van der Waals surface area contributed by atoms with Crippen LogP contribution in [0.2, 0.25) is 20.1 Å². The van der Waals surface area contributed by atoms with Crippen molar-refractivity contribution >= 4 is 63.7 Å². The SMILES string of the molecule is Cc1cc(C(C#N)c2ccc(Cl)cc2)c(Cl)cc1NC(=O)c1ccc(Cl)c(Cl)c1N. The third kappa shape index (κ3) is 4.50. The number of nitrogens with one attached hydrogen (secondary N) is 1. The van der Waals surface area contributed by atoms with Crippen LogP contribution >= 0.6 is 46.4 Å². The average Bonchev–Trinajstić information content (AvgIpc) is 2.71. The Balaban J connectivity index is 1.93. The van der Waals surface area contributed by atoms with Gasteiger partial charge >= 0.3 is 0 Å². The number of hydrogen-bond acceptors (Lipinski definition) is 3. The van der Waals surface area contributed by atoms with Crippen LogP contribution in [0.4, 0.5) is 11.4 Å². The second-order valence-electron chi connectivity index (χ2n) is 6.58. The molecule has 0 aliphatic heterocycles. The van der Waals surface area contributed by atoms with Crippen molar-refractivity contribution < 1.29 is 4.79 Å². The number of anilines is 2. The molecule has 0 aliphatic rings. The number of carbonyl (C=O) groups is 1. The first-order chi connectivity index (χ1) is 14.2. The number of amides is 1. The van der Waals surface area contributed by atoms with Crippen molar-refractivity contribution in [1.82, 2.24) is 0 Å². The largest absolute Gasteiger partial charge is 0.397 e. The van der Waals surface area contributed by atoms with E-state index in [1.165, 1.54) is 12.1 Å². The Morgan fingerprint density at radius 1 is 1.03 bits per heavy atom. The minimum Gasteiger partial charge on any atom is -0.397 e. The van der Waals surface area contributed by atoms with Crippen LogP contribution in [0.1, 0.15) is 33.0 Å². The summed E-state index contributed by atoms with van der Waals surface area (Å²) in [6, 6.07) is 15.7.